The summed E-state index contributed by atoms with van der Waals surface area (Å²) in [5.41, 5.74) is -2.84. The highest BCUT2D eigenvalue weighted by Crippen LogP contribution is 2.03. The lowest BCUT2D eigenvalue weighted by molar-refractivity contribution is 0.435. The van der Waals surface area contributed by atoms with Gasteiger partial charge in [0, 0.05) is 0 Å². The predicted molar refractivity (Wildman–Crippen MR) is 49.4 cm³/mol. The summed E-state index contributed by atoms with van der Waals surface area (Å²) < 4.78 is 4.76. The lowest BCUT2D eigenvalue weighted by Gasteiger charge is -1.84. The minimum Gasteiger partial charge on any atom is -0.378 e. The number of H-pyrrole nitrogens is 1. The van der Waals surface area contributed by atoms with Gasteiger partial charge < -0.3 is 4.52 Å². The minimum absolute atomic E-state index is 0.0934. The van der Waals surface area contributed by atoms with Crippen LogP contribution >= 0.6 is 0 Å². The van der Waals surface area contributed by atoms with Crippen molar-refractivity contribution in [3.63, 3.8) is 0 Å². The van der Waals surface area contributed by atoms with Gasteiger partial charge >= 0.3 is 5.56 Å². The van der Waals surface area contributed by atoms with Crippen molar-refractivity contribution >= 4 is 11.0 Å². The summed E-state index contributed by atoms with van der Waals surface area (Å²) >= 11 is 0. The van der Waals surface area contributed by atoms with Gasteiger partial charge in [0.1, 0.15) is 0 Å². The Labute approximate surface area is 76.6 Å². The van der Waals surface area contributed by atoms with Crippen LogP contribution in [-0.4, -0.2) is 5.16 Å². The maximum Gasteiger partial charge on any atom is 0.328 e. The molecule has 0 saturated carbocycles. The van der Waals surface area contributed by atoms with Gasteiger partial charge in [0.15, 0.2) is 5.58 Å². The van der Waals surface area contributed by atoms with Crippen molar-refractivity contribution in [2.75, 3.05) is 0 Å². The van der Waals surface area contributed by atoms with Gasteiger partial charge in [0.25, 0.3) is 5.43 Å². The fourth-order valence-corrected chi connectivity index (χ4v) is 1.12. The molecule has 5 heteroatoms. The summed E-state index contributed by atoms with van der Waals surface area (Å²) in [4.78, 5) is 33.3. The maximum absolute atomic E-state index is 11.4. The zero-order valence-electron chi connectivity index (χ0n) is 6.94. The summed E-state index contributed by atoms with van der Waals surface area (Å²) in [6.07, 6.45) is 0. The molecule has 1 heterocycles. The van der Waals surface area contributed by atoms with Gasteiger partial charge in [-0.1, -0.05) is 12.1 Å². The first-order valence-corrected chi connectivity index (χ1v) is 3.85. The van der Waals surface area contributed by atoms with Crippen molar-refractivity contribution in [1.29, 1.82) is 0 Å². The summed E-state index contributed by atoms with van der Waals surface area (Å²) in [5.74, 6) is 0. The number of aromatic nitrogens is 1. The van der Waals surface area contributed by atoms with Crippen LogP contribution in [0, 0.1) is 0 Å². The van der Waals surface area contributed by atoms with E-state index in [-0.39, 0.29) is 11.0 Å². The van der Waals surface area contributed by atoms with Crippen molar-refractivity contribution in [2.45, 2.75) is 0 Å². The molecular weight excluding hydrogens is 186 g/mol. The number of benzene rings is 1. The second-order valence-electron chi connectivity index (χ2n) is 2.69. The third-order valence-electron chi connectivity index (χ3n) is 1.80. The molecule has 14 heavy (non-hydrogen) atoms. The second kappa shape index (κ2) is 2.95. The lowest BCUT2D eigenvalue weighted by atomic mass is 10.2. The van der Waals surface area contributed by atoms with Crippen molar-refractivity contribution in [3.05, 3.63) is 55.1 Å². The number of rotatable bonds is 0. The summed E-state index contributed by atoms with van der Waals surface area (Å²) in [5, 5.41) is 1.96. The molecule has 0 unspecified atom stereocenters. The van der Waals surface area contributed by atoms with Crippen molar-refractivity contribution in [1.82, 2.24) is 5.16 Å². The molecule has 0 radical (unpaired) electrons. The molecule has 70 valence electrons. The Morgan fingerprint density at radius 3 is 2.50 bits per heavy atom. The van der Waals surface area contributed by atoms with Crippen LogP contribution in [-0.2, 0) is 0 Å². The molecule has 2 rings (SSSR count). The maximum atomic E-state index is 11.4. The highest BCUT2D eigenvalue weighted by Gasteiger charge is 2.03. The lowest BCUT2D eigenvalue weighted by Crippen LogP contribution is -2.35. The van der Waals surface area contributed by atoms with Crippen LogP contribution < -0.4 is 16.4 Å². The van der Waals surface area contributed by atoms with Crippen LogP contribution in [0.25, 0.3) is 11.0 Å². The highest BCUT2D eigenvalue weighted by atomic mass is 16.5. The fourth-order valence-electron chi connectivity index (χ4n) is 1.12. The van der Waals surface area contributed by atoms with E-state index in [9.17, 15) is 14.4 Å². The Bertz CT molecular complexity index is 653. The molecule has 0 aliphatic heterocycles. The van der Waals surface area contributed by atoms with Crippen LogP contribution in [0.5, 0.6) is 0 Å². The molecule has 0 saturated heterocycles. The average Bonchev–Trinajstić information content (AvgIpc) is 2.32. The quantitative estimate of drug-likeness (QED) is 0.587. The van der Waals surface area contributed by atoms with Crippen LogP contribution in [0.1, 0.15) is 0 Å². The van der Waals surface area contributed by atoms with E-state index in [1.165, 1.54) is 12.1 Å². The molecule has 0 aliphatic rings. The van der Waals surface area contributed by atoms with Crippen LogP contribution in [0.15, 0.2) is 43.2 Å². The first-order valence-electron chi connectivity index (χ1n) is 3.85. The Kier molecular flexibility index (Phi) is 1.78. The zero-order valence-corrected chi connectivity index (χ0v) is 6.94. The monoisotopic (exact) mass is 191 g/mol. The van der Waals surface area contributed by atoms with Crippen molar-refractivity contribution < 1.29 is 4.52 Å². The Morgan fingerprint density at radius 1 is 1.00 bits per heavy atom. The number of fused-ring (bicyclic) bond motifs is 1. The van der Waals surface area contributed by atoms with E-state index in [4.69, 9.17) is 4.52 Å². The van der Waals surface area contributed by atoms with Gasteiger partial charge in [-0.15, -0.1) is 0 Å². The Hall–Kier alpha value is -2.17. The van der Waals surface area contributed by atoms with Crippen LogP contribution in [0.4, 0.5) is 0 Å². The van der Waals surface area contributed by atoms with E-state index in [0.29, 0.717) is 0 Å². The van der Waals surface area contributed by atoms with E-state index in [1.54, 1.807) is 12.1 Å². The summed E-state index contributed by atoms with van der Waals surface area (Å²) in [7, 11) is 0. The van der Waals surface area contributed by atoms with E-state index in [2.05, 4.69) is 0 Å². The van der Waals surface area contributed by atoms with Crippen molar-refractivity contribution in [3.8, 4) is 0 Å². The standard InChI is InChI=1S/C9H5NO4/c11-7-5-3-1-2-4-6(5)14-10-9(13)8(7)12/h1-4H,(H,10,13). The average molecular weight is 191 g/mol. The van der Waals surface area contributed by atoms with Crippen molar-refractivity contribution in [2.24, 2.45) is 0 Å². The second-order valence-corrected chi connectivity index (χ2v) is 2.69. The van der Waals surface area contributed by atoms with Gasteiger partial charge in [-0.05, 0) is 12.1 Å². The molecule has 5 nitrogen and oxygen atoms in total. The molecule has 2 aromatic rings. The minimum atomic E-state index is -1.12. The molecule has 1 aromatic heterocycles. The van der Waals surface area contributed by atoms with Gasteiger partial charge in [-0.25, -0.2) is 0 Å². The molecule has 0 aliphatic carbocycles. The molecule has 0 spiro atoms. The first kappa shape index (κ1) is 8.43. The molecule has 0 fully saturated rings. The summed E-state index contributed by atoms with van der Waals surface area (Å²) in [6, 6.07) is 6.14. The third-order valence-corrected chi connectivity index (χ3v) is 1.80. The Morgan fingerprint density at radius 2 is 1.71 bits per heavy atom. The van der Waals surface area contributed by atoms with E-state index >= 15 is 0 Å². The fraction of sp³-hybridized carbons (Fsp3) is 0. The predicted octanol–water partition coefficient (Wildman–Crippen LogP) is -0.159. The van der Waals surface area contributed by atoms with Gasteiger partial charge in [-0.2, -0.15) is 5.16 Å². The Balaban J connectivity index is 3.25. The summed E-state index contributed by atoms with van der Waals surface area (Å²) in [6.45, 7) is 0. The first-order chi connectivity index (χ1) is 6.70. The topological polar surface area (TPSA) is 80.1 Å². The zero-order chi connectivity index (χ0) is 10.1. The molecule has 0 atom stereocenters. The molecule has 1 N–H and O–H groups in total. The third kappa shape index (κ3) is 1.15. The van der Waals surface area contributed by atoms with E-state index in [1.807, 2.05) is 5.16 Å². The number of hydrogen-bond acceptors (Lipinski definition) is 4. The SMILES string of the molecule is O=c1[nH]oc2ccccc2c(=O)c1=O. The number of hydrogen-bond donors (Lipinski definition) is 1. The normalized spacial score (nSPS) is 10.3. The van der Waals surface area contributed by atoms with Gasteiger partial charge in [-0.3, -0.25) is 14.4 Å². The van der Waals surface area contributed by atoms with Gasteiger partial charge in [0.05, 0.1) is 5.39 Å². The highest BCUT2D eigenvalue weighted by molar-refractivity contribution is 5.74. The molecule has 1 aromatic carbocycles. The van der Waals surface area contributed by atoms with E-state index < -0.39 is 16.4 Å². The number of para-hydroxylation sites is 1. The molecule has 0 bridgehead atoms. The smallest absolute Gasteiger partial charge is 0.328 e. The molecular formula is C9H5NO4. The number of aromatic amines is 1. The largest absolute Gasteiger partial charge is 0.378 e. The van der Waals surface area contributed by atoms with Crippen LogP contribution in [0.2, 0.25) is 0 Å². The molecule has 0 amide bonds. The van der Waals surface area contributed by atoms with Gasteiger partial charge in [0.2, 0.25) is 5.43 Å². The van der Waals surface area contributed by atoms with E-state index in [0.717, 1.165) is 0 Å². The number of nitrogens with one attached hydrogen (secondary N) is 1. The van der Waals surface area contributed by atoms with Crippen LogP contribution in [0.3, 0.4) is 0 Å².